The Morgan fingerprint density at radius 2 is 2.29 bits per heavy atom. The van der Waals surface area contributed by atoms with E-state index in [9.17, 15) is 0 Å². The molecule has 1 aliphatic carbocycles. The second-order valence-electron chi connectivity index (χ2n) is 2.03. The number of rotatable bonds is 1. The minimum Gasteiger partial charge on any atom is -0.317 e. The second-order valence-corrected chi connectivity index (χ2v) is 2.03. The van der Waals surface area contributed by atoms with Crippen LogP contribution < -0.4 is 5.73 Å². The minimum atomic E-state index is 0.0417. The normalized spacial score (nSPS) is 23.4. The summed E-state index contributed by atoms with van der Waals surface area (Å²) in [5.74, 6) is 3.16. The van der Waals surface area contributed by atoms with E-state index in [0.717, 1.165) is 0 Å². The lowest BCUT2D eigenvalue weighted by molar-refractivity contribution is 0.732. The lowest BCUT2D eigenvalue weighted by Crippen LogP contribution is -2.18. The molecule has 38 valence electrons. The van der Waals surface area contributed by atoms with Crippen molar-refractivity contribution in [2.45, 2.75) is 18.9 Å². The van der Waals surface area contributed by atoms with E-state index in [1.165, 1.54) is 12.8 Å². The molecular formula is C6H9N. The average Bonchev–Trinajstić information content (AvgIpc) is 2.44. The Bertz CT molecular complexity index is 97.2. The molecule has 2 N–H and O–H groups in total. The van der Waals surface area contributed by atoms with E-state index in [1.54, 1.807) is 0 Å². The summed E-state index contributed by atoms with van der Waals surface area (Å²) in [6, 6.07) is 0.0417. The summed E-state index contributed by atoms with van der Waals surface area (Å²) >= 11 is 0. The Morgan fingerprint density at radius 3 is 2.43 bits per heavy atom. The molecule has 0 spiro atoms. The fraction of sp³-hybridized carbons (Fsp3) is 0.667. The van der Waals surface area contributed by atoms with E-state index in [0.29, 0.717) is 5.92 Å². The van der Waals surface area contributed by atoms with Crippen LogP contribution in [0.4, 0.5) is 0 Å². The molecule has 1 fully saturated rings. The fourth-order valence-electron chi connectivity index (χ4n) is 0.591. The molecule has 0 saturated heterocycles. The molecule has 0 aromatic heterocycles. The summed E-state index contributed by atoms with van der Waals surface area (Å²) in [6.07, 6.45) is 7.52. The fourth-order valence-corrected chi connectivity index (χ4v) is 0.591. The topological polar surface area (TPSA) is 26.0 Å². The number of hydrogen-bond acceptors (Lipinski definition) is 1. The Labute approximate surface area is 43.9 Å². The third kappa shape index (κ3) is 0.942. The summed E-state index contributed by atoms with van der Waals surface area (Å²) < 4.78 is 0. The van der Waals surface area contributed by atoms with Gasteiger partial charge in [0.1, 0.15) is 0 Å². The quantitative estimate of drug-likeness (QED) is 0.467. The molecule has 7 heavy (non-hydrogen) atoms. The van der Waals surface area contributed by atoms with Gasteiger partial charge in [-0.2, -0.15) is 0 Å². The molecule has 0 aliphatic heterocycles. The van der Waals surface area contributed by atoms with Gasteiger partial charge < -0.3 is 5.73 Å². The first kappa shape index (κ1) is 4.67. The van der Waals surface area contributed by atoms with Crippen LogP contribution in [0.3, 0.4) is 0 Å². The predicted octanol–water partition coefficient (Wildman–Crippen LogP) is 0.357. The van der Waals surface area contributed by atoms with Gasteiger partial charge in [0, 0.05) is 0 Å². The molecule has 0 heterocycles. The van der Waals surface area contributed by atoms with Gasteiger partial charge in [-0.15, -0.1) is 6.42 Å². The highest BCUT2D eigenvalue weighted by molar-refractivity contribution is 5.04. The monoisotopic (exact) mass is 95.1 g/mol. The maximum atomic E-state index is 5.44. The molecular weight excluding hydrogens is 86.1 g/mol. The van der Waals surface area contributed by atoms with E-state index < -0.39 is 0 Å². The summed E-state index contributed by atoms with van der Waals surface area (Å²) in [4.78, 5) is 0. The van der Waals surface area contributed by atoms with E-state index >= 15 is 0 Å². The van der Waals surface area contributed by atoms with Gasteiger partial charge >= 0.3 is 0 Å². The molecule has 0 radical (unpaired) electrons. The van der Waals surface area contributed by atoms with Crippen molar-refractivity contribution in [3.63, 3.8) is 0 Å². The van der Waals surface area contributed by atoms with Crippen LogP contribution in [0.5, 0.6) is 0 Å². The van der Waals surface area contributed by atoms with Crippen LogP contribution in [0.25, 0.3) is 0 Å². The van der Waals surface area contributed by atoms with E-state index in [1.807, 2.05) is 0 Å². The number of terminal acetylenes is 1. The molecule has 1 heteroatoms. The second kappa shape index (κ2) is 1.55. The maximum Gasteiger partial charge on any atom is 0.0690 e. The lowest BCUT2D eigenvalue weighted by Gasteiger charge is -1.95. The molecule has 1 rings (SSSR count). The van der Waals surface area contributed by atoms with E-state index in [2.05, 4.69) is 5.92 Å². The summed E-state index contributed by atoms with van der Waals surface area (Å²) in [5, 5.41) is 0. The summed E-state index contributed by atoms with van der Waals surface area (Å²) in [7, 11) is 0. The van der Waals surface area contributed by atoms with Crippen LogP contribution in [0.2, 0.25) is 0 Å². The van der Waals surface area contributed by atoms with Gasteiger partial charge in [0.25, 0.3) is 0 Å². The predicted molar refractivity (Wildman–Crippen MR) is 29.5 cm³/mol. The molecule has 0 aromatic carbocycles. The first-order chi connectivity index (χ1) is 3.34. The van der Waals surface area contributed by atoms with Crippen LogP contribution in [0, 0.1) is 18.3 Å². The highest BCUT2D eigenvalue weighted by atomic mass is 14.7. The van der Waals surface area contributed by atoms with Crippen molar-refractivity contribution < 1.29 is 0 Å². The van der Waals surface area contributed by atoms with Crippen molar-refractivity contribution in [2.24, 2.45) is 11.7 Å². The zero-order valence-corrected chi connectivity index (χ0v) is 4.22. The molecule has 1 unspecified atom stereocenters. The molecule has 0 amide bonds. The SMILES string of the molecule is C#CC(N)C1CC1. The van der Waals surface area contributed by atoms with Gasteiger partial charge in [0.2, 0.25) is 0 Å². The third-order valence-corrected chi connectivity index (χ3v) is 1.32. The molecule has 1 aliphatic rings. The molecule has 0 bridgehead atoms. The largest absolute Gasteiger partial charge is 0.317 e. The molecule has 0 aromatic rings. The van der Waals surface area contributed by atoms with Gasteiger partial charge in [0.05, 0.1) is 6.04 Å². The van der Waals surface area contributed by atoms with E-state index in [-0.39, 0.29) is 6.04 Å². The van der Waals surface area contributed by atoms with Crippen LogP contribution >= 0.6 is 0 Å². The van der Waals surface area contributed by atoms with E-state index in [4.69, 9.17) is 12.2 Å². The Hall–Kier alpha value is -0.480. The third-order valence-electron chi connectivity index (χ3n) is 1.32. The van der Waals surface area contributed by atoms with Crippen molar-refractivity contribution in [3.8, 4) is 12.3 Å². The Morgan fingerprint density at radius 1 is 1.71 bits per heavy atom. The number of nitrogens with two attached hydrogens (primary N) is 1. The maximum absolute atomic E-state index is 5.44. The Kier molecular flexibility index (Phi) is 1.04. The smallest absolute Gasteiger partial charge is 0.0690 e. The van der Waals surface area contributed by atoms with Crippen LogP contribution in [-0.4, -0.2) is 6.04 Å². The molecule has 1 nitrogen and oxygen atoms in total. The zero-order chi connectivity index (χ0) is 5.28. The number of hydrogen-bond donors (Lipinski definition) is 1. The van der Waals surface area contributed by atoms with Crippen LogP contribution in [0.1, 0.15) is 12.8 Å². The van der Waals surface area contributed by atoms with Gasteiger partial charge in [-0.25, -0.2) is 0 Å². The van der Waals surface area contributed by atoms with Gasteiger partial charge in [-0.3, -0.25) is 0 Å². The summed E-state index contributed by atoms with van der Waals surface area (Å²) in [6.45, 7) is 0. The first-order valence-corrected chi connectivity index (χ1v) is 2.56. The highest BCUT2D eigenvalue weighted by Gasteiger charge is 2.26. The van der Waals surface area contributed by atoms with Gasteiger partial charge in [-0.1, -0.05) is 5.92 Å². The van der Waals surface area contributed by atoms with Crippen LogP contribution in [0.15, 0.2) is 0 Å². The van der Waals surface area contributed by atoms with Crippen molar-refractivity contribution in [2.75, 3.05) is 0 Å². The van der Waals surface area contributed by atoms with Crippen molar-refractivity contribution >= 4 is 0 Å². The Balaban J connectivity index is 2.27. The summed E-state index contributed by atoms with van der Waals surface area (Å²) in [5.41, 5.74) is 5.44. The first-order valence-electron chi connectivity index (χ1n) is 2.56. The average molecular weight is 95.1 g/mol. The van der Waals surface area contributed by atoms with Crippen molar-refractivity contribution in [3.05, 3.63) is 0 Å². The minimum absolute atomic E-state index is 0.0417. The lowest BCUT2D eigenvalue weighted by atomic mass is 10.2. The molecule has 1 atom stereocenters. The van der Waals surface area contributed by atoms with Crippen molar-refractivity contribution in [1.29, 1.82) is 0 Å². The highest BCUT2D eigenvalue weighted by Crippen LogP contribution is 2.30. The van der Waals surface area contributed by atoms with Crippen molar-refractivity contribution in [1.82, 2.24) is 0 Å². The van der Waals surface area contributed by atoms with Gasteiger partial charge in [0.15, 0.2) is 0 Å². The zero-order valence-electron chi connectivity index (χ0n) is 4.22. The molecule has 1 saturated carbocycles. The van der Waals surface area contributed by atoms with Crippen LogP contribution in [-0.2, 0) is 0 Å². The standard InChI is InChI=1S/C6H9N/c1-2-6(7)5-3-4-5/h1,5-6H,3-4,7H2. The van der Waals surface area contributed by atoms with Gasteiger partial charge in [-0.05, 0) is 18.8 Å².